The fraction of sp³-hybridized carbons (Fsp3) is 0.111. The molecule has 0 fully saturated rings. The van der Waals surface area contributed by atoms with Crippen LogP contribution in [-0.4, -0.2) is 36.7 Å². The highest BCUT2D eigenvalue weighted by Gasteiger charge is 2.30. The summed E-state index contributed by atoms with van der Waals surface area (Å²) in [5, 5.41) is 0. The third kappa shape index (κ3) is 4.36. The first kappa shape index (κ1) is 17.1. The smallest absolute Gasteiger partial charge is 0.339 e. The van der Waals surface area contributed by atoms with Gasteiger partial charge in [-0.25, -0.2) is 9.59 Å². The van der Waals surface area contributed by atoms with Gasteiger partial charge in [-0.15, -0.1) is 0 Å². The van der Waals surface area contributed by atoms with Gasteiger partial charge in [0.2, 0.25) is 24.8 Å². The summed E-state index contributed by atoms with van der Waals surface area (Å²) in [6, 6.07) is 15.7. The van der Waals surface area contributed by atoms with E-state index in [4.69, 9.17) is 9.47 Å². The highest BCUT2D eigenvalue weighted by atomic mass is 16.6. The fourth-order valence-corrected chi connectivity index (χ4v) is 1.81. The van der Waals surface area contributed by atoms with E-state index in [9.17, 15) is 19.2 Å². The molecule has 0 amide bonds. The molecule has 0 saturated heterocycles. The number of esters is 2. The van der Waals surface area contributed by atoms with E-state index < -0.39 is 24.1 Å². The van der Waals surface area contributed by atoms with Crippen LogP contribution in [0.3, 0.4) is 0 Å². The molecule has 2 aromatic rings. The van der Waals surface area contributed by atoms with Crippen LogP contribution in [-0.2, 0) is 19.1 Å². The Bertz CT molecular complexity index is 647. The zero-order valence-corrected chi connectivity index (χ0v) is 12.4. The molecule has 0 aliphatic carbocycles. The summed E-state index contributed by atoms with van der Waals surface area (Å²) in [7, 11) is 0. The summed E-state index contributed by atoms with van der Waals surface area (Å²) < 4.78 is 9.75. The first-order valence-corrected chi connectivity index (χ1v) is 6.93. The van der Waals surface area contributed by atoms with Gasteiger partial charge in [-0.1, -0.05) is 36.4 Å². The minimum Gasteiger partial charge on any atom is -0.446 e. The van der Waals surface area contributed by atoms with Gasteiger partial charge in [-0.2, -0.15) is 0 Å². The molecular weight excluding hydrogens is 312 g/mol. The van der Waals surface area contributed by atoms with E-state index in [0.29, 0.717) is 0 Å². The van der Waals surface area contributed by atoms with Gasteiger partial charge in [0.05, 0.1) is 11.1 Å². The zero-order chi connectivity index (χ0) is 17.4. The lowest BCUT2D eigenvalue weighted by Gasteiger charge is -2.17. The van der Waals surface area contributed by atoms with Crippen LogP contribution in [0.25, 0.3) is 0 Å². The average Bonchev–Trinajstić information content (AvgIpc) is 2.65. The van der Waals surface area contributed by atoms with E-state index in [1.807, 2.05) is 0 Å². The van der Waals surface area contributed by atoms with Crippen molar-refractivity contribution in [2.75, 3.05) is 0 Å². The molecule has 6 nitrogen and oxygen atoms in total. The number of hydrogen-bond donors (Lipinski definition) is 0. The van der Waals surface area contributed by atoms with Gasteiger partial charge < -0.3 is 9.47 Å². The topological polar surface area (TPSA) is 86.7 Å². The number of rotatable bonds is 7. The van der Waals surface area contributed by atoms with Crippen molar-refractivity contribution in [3.8, 4) is 0 Å². The number of benzene rings is 2. The maximum absolute atomic E-state index is 11.9. The Morgan fingerprint density at radius 1 is 0.667 bits per heavy atom. The quantitative estimate of drug-likeness (QED) is 0.720. The number of carbonyl (C=O) groups is 2. The van der Waals surface area contributed by atoms with Gasteiger partial charge in [0.15, 0.2) is 0 Å². The lowest BCUT2D eigenvalue weighted by molar-refractivity contribution is 0.00157. The van der Waals surface area contributed by atoms with Gasteiger partial charge in [0, 0.05) is 0 Å². The second kappa shape index (κ2) is 8.38. The number of hydrogen-bond acceptors (Lipinski definition) is 6. The van der Waals surface area contributed by atoms with Crippen molar-refractivity contribution in [3.05, 3.63) is 71.8 Å². The van der Waals surface area contributed by atoms with E-state index >= 15 is 0 Å². The van der Waals surface area contributed by atoms with Crippen molar-refractivity contribution in [1.29, 1.82) is 0 Å². The average molecular weight is 324 g/mol. The third-order valence-electron chi connectivity index (χ3n) is 2.99. The molecule has 2 atom stereocenters. The molecule has 0 heterocycles. The van der Waals surface area contributed by atoms with Crippen molar-refractivity contribution in [2.45, 2.75) is 12.2 Å². The van der Waals surface area contributed by atoms with Crippen molar-refractivity contribution in [1.82, 2.24) is 0 Å². The Labute approximate surface area is 138 Å². The fourth-order valence-electron chi connectivity index (χ4n) is 1.81. The van der Waals surface area contributed by atoms with Gasteiger partial charge in [-0.05, 0) is 24.3 Å². The highest BCUT2D eigenvalue weighted by molar-refractivity contribution is 5.92. The van der Waals surface area contributed by atoms with Crippen LogP contribution < -0.4 is 0 Å². The Hall–Kier alpha value is -3.28. The number of ether oxygens (including phenoxy) is 2. The van der Waals surface area contributed by atoms with Gasteiger partial charge in [0.1, 0.15) is 0 Å². The Morgan fingerprint density at radius 2 is 1.00 bits per heavy atom. The van der Waals surface area contributed by atoms with Crippen molar-refractivity contribution >= 4 is 24.5 Å². The molecule has 0 aliphatic heterocycles. The highest BCUT2D eigenvalue weighted by Crippen LogP contribution is 2.10. The van der Waals surface area contributed by atoms with Crippen molar-refractivity contribution < 1.29 is 28.7 Å². The number of carbonyl (C=O) groups excluding carboxylic acids is 4. The molecule has 0 N–H and O–H groups in total. The summed E-state index contributed by atoms with van der Waals surface area (Å²) >= 11 is 0. The summed E-state index contributed by atoms with van der Waals surface area (Å²) in [4.78, 5) is 45.9. The maximum Gasteiger partial charge on any atom is 0.339 e. The van der Waals surface area contributed by atoms with E-state index in [-0.39, 0.29) is 11.1 Å². The van der Waals surface area contributed by atoms with Crippen LogP contribution in [0.15, 0.2) is 60.7 Å². The Morgan fingerprint density at radius 3 is 1.29 bits per heavy atom. The lowest BCUT2D eigenvalue weighted by Crippen LogP contribution is -2.37. The molecular formula is C18H12O6. The largest absolute Gasteiger partial charge is 0.446 e. The standard InChI is InChI=1S/C18H12O6/c19-11-15(23-17(21)13-7-3-1-4-8-13)16(12-20)24-18(22)14-9-5-2-6-10-14/h1-10,15-16H. The SMILES string of the molecule is O=[C]C(OC(=O)c1ccccc1)C([C]=O)OC(=O)c1ccccc1. The normalized spacial score (nSPS) is 12.5. The zero-order valence-electron chi connectivity index (χ0n) is 12.4. The summed E-state index contributed by atoms with van der Waals surface area (Å²) in [5.74, 6) is -1.69. The van der Waals surface area contributed by atoms with E-state index in [2.05, 4.69) is 0 Å². The molecule has 0 saturated carbocycles. The molecule has 0 aliphatic rings. The first-order valence-electron chi connectivity index (χ1n) is 6.93. The minimum absolute atomic E-state index is 0.178. The Kier molecular flexibility index (Phi) is 5.96. The Balaban J connectivity index is 2.06. The van der Waals surface area contributed by atoms with Crippen LogP contribution >= 0.6 is 0 Å². The molecule has 0 spiro atoms. The molecule has 24 heavy (non-hydrogen) atoms. The first-order chi connectivity index (χ1) is 11.7. The molecule has 0 aromatic heterocycles. The lowest BCUT2D eigenvalue weighted by atomic mass is 10.2. The summed E-state index contributed by atoms with van der Waals surface area (Å²) in [5.41, 5.74) is 0.355. The van der Waals surface area contributed by atoms with Crippen LogP contribution in [0, 0.1) is 0 Å². The molecule has 120 valence electrons. The predicted molar refractivity (Wildman–Crippen MR) is 82.7 cm³/mol. The second-order valence-corrected chi connectivity index (χ2v) is 4.62. The molecule has 2 unspecified atom stereocenters. The molecule has 2 radical (unpaired) electrons. The van der Waals surface area contributed by atoms with Gasteiger partial charge >= 0.3 is 11.9 Å². The molecule has 2 aromatic carbocycles. The van der Waals surface area contributed by atoms with E-state index in [0.717, 1.165) is 0 Å². The minimum atomic E-state index is -1.71. The third-order valence-corrected chi connectivity index (χ3v) is 2.99. The van der Waals surface area contributed by atoms with Crippen molar-refractivity contribution in [2.24, 2.45) is 0 Å². The molecule has 2 rings (SSSR count). The van der Waals surface area contributed by atoms with Crippen LogP contribution in [0.5, 0.6) is 0 Å². The van der Waals surface area contributed by atoms with Crippen LogP contribution in [0.2, 0.25) is 0 Å². The van der Waals surface area contributed by atoms with E-state index in [1.165, 1.54) is 36.8 Å². The summed E-state index contributed by atoms with van der Waals surface area (Å²) in [6.45, 7) is 0. The summed E-state index contributed by atoms with van der Waals surface area (Å²) in [6.07, 6.45) is -0.656. The van der Waals surface area contributed by atoms with Gasteiger partial charge in [0.25, 0.3) is 0 Å². The van der Waals surface area contributed by atoms with Crippen LogP contribution in [0.1, 0.15) is 20.7 Å². The van der Waals surface area contributed by atoms with Crippen LogP contribution in [0.4, 0.5) is 0 Å². The van der Waals surface area contributed by atoms with Crippen molar-refractivity contribution in [3.63, 3.8) is 0 Å². The monoisotopic (exact) mass is 324 g/mol. The second-order valence-electron chi connectivity index (χ2n) is 4.62. The molecule has 0 bridgehead atoms. The molecule has 6 heteroatoms. The predicted octanol–water partition coefficient (Wildman–Crippen LogP) is 1.66. The maximum atomic E-state index is 11.9. The van der Waals surface area contributed by atoms with E-state index in [1.54, 1.807) is 36.4 Å². The van der Waals surface area contributed by atoms with Gasteiger partial charge in [-0.3, -0.25) is 9.59 Å².